The number of aliphatic hydroxyl groups is 1. The number of rotatable bonds is 5. The molecule has 14 heavy (non-hydrogen) atoms. The molecule has 0 bridgehead atoms. The van der Waals surface area contributed by atoms with Crippen LogP contribution in [0.1, 0.15) is 33.1 Å². The second-order valence-electron chi connectivity index (χ2n) is 4.23. The highest BCUT2D eigenvalue weighted by molar-refractivity contribution is 4.84. The highest BCUT2D eigenvalue weighted by Gasteiger charge is 2.25. The lowest BCUT2D eigenvalue weighted by Crippen LogP contribution is -2.49. The topological polar surface area (TPSA) is 44.3 Å². The van der Waals surface area contributed by atoms with Crippen LogP contribution in [0.4, 0.5) is 0 Å². The predicted molar refractivity (Wildman–Crippen MR) is 59.4 cm³/mol. The van der Waals surface area contributed by atoms with Crippen LogP contribution in [0.2, 0.25) is 0 Å². The Hall–Kier alpha value is -0.120. The van der Waals surface area contributed by atoms with E-state index in [0.29, 0.717) is 12.6 Å². The van der Waals surface area contributed by atoms with Crippen LogP contribution in [-0.4, -0.2) is 36.9 Å². The van der Waals surface area contributed by atoms with E-state index in [1.807, 2.05) is 0 Å². The molecule has 0 saturated carbocycles. The molecule has 1 saturated heterocycles. The van der Waals surface area contributed by atoms with E-state index in [-0.39, 0.29) is 6.10 Å². The van der Waals surface area contributed by atoms with Gasteiger partial charge in [-0.2, -0.15) is 0 Å². The SMILES string of the molecule is CCNCC(O)C1CC(CC)CCN1. The highest BCUT2D eigenvalue weighted by atomic mass is 16.3. The van der Waals surface area contributed by atoms with E-state index in [1.54, 1.807) is 0 Å². The summed E-state index contributed by atoms with van der Waals surface area (Å²) in [5.74, 6) is 0.803. The second kappa shape index (κ2) is 6.38. The van der Waals surface area contributed by atoms with Gasteiger partial charge >= 0.3 is 0 Å². The molecule has 0 aromatic heterocycles. The molecular formula is C11H24N2O. The fraction of sp³-hybridized carbons (Fsp3) is 1.00. The van der Waals surface area contributed by atoms with Gasteiger partial charge in [-0.15, -0.1) is 0 Å². The van der Waals surface area contributed by atoms with Crippen LogP contribution >= 0.6 is 0 Å². The van der Waals surface area contributed by atoms with Crippen LogP contribution in [0.25, 0.3) is 0 Å². The van der Waals surface area contributed by atoms with E-state index in [0.717, 1.165) is 25.4 Å². The molecule has 1 rings (SSSR count). The molecule has 0 amide bonds. The summed E-state index contributed by atoms with van der Waals surface area (Å²) >= 11 is 0. The molecule has 3 unspecified atom stereocenters. The van der Waals surface area contributed by atoms with E-state index >= 15 is 0 Å². The number of likely N-dealkylation sites (N-methyl/N-ethyl adjacent to an activating group) is 1. The van der Waals surface area contributed by atoms with Crippen molar-refractivity contribution in [3.8, 4) is 0 Å². The van der Waals surface area contributed by atoms with Crippen molar-refractivity contribution in [2.75, 3.05) is 19.6 Å². The Kier molecular flexibility index (Phi) is 5.45. The zero-order valence-electron chi connectivity index (χ0n) is 9.42. The van der Waals surface area contributed by atoms with Gasteiger partial charge in [0, 0.05) is 12.6 Å². The molecule has 3 atom stereocenters. The summed E-state index contributed by atoms with van der Waals surface area (Å²) in [6, 6.07) is 0.299. The average Bonchev–Trinajstić information content (AvgIpc) is 2.26. The fourth-order valence-electron chi connectivity index (χ4n) is 2.13. The maximum atomic E-state index is 9.89. The minimum absolute atomic E-state index is 0.232. The van der Waals surface area contributed by atoms with E-state index in [2.05, 4.69) is 24.5 Å². The first-order valence-electron chi connectivity index (χ1n) is 5.90. The van der Waals surface area contributed by atoms with Crippen LogP contribution in [0, 0.1) is 5.92 Å². The van der Waals surface area contributed by atoms with Gasteiger partial charge in [0.1, 0.15) is 0 Å². The first-order valence-corrected chi connectivity index (χ1v) is 5.90. The second-order valence-corrected chi connectivity index (χ2v) is 4.23. The molecule has 0 radical (unpaired) electrons. The molecular weight excluding hydrogens is 176 g/mol. The Labute approximate surface area is 87.3 Å². The van der Waals surface area contributed by atoms with Crippen molar-refractivity contribution in [2.24, 2.45) is 5.92 Å². The fourth-order valence-corrected chi connectivity index (χ4v) is 2.13. The summed E-state index contributed by atoms with van der Waals surface area (Å²) in [6.45, 7) is 7.01. The minimum Gasteiger partial charge on any atom is -0.390 e. The average molecular weight is 200 g/mol. The number of aliphatic hydroxyl groups excluding tert-OH is 1. The third-order valence-corrected chi connectivity index (χ3v) is 3.19. The molecule has 3 N–H and O–H groups in total. The summed E-state index contributed by atoms with van der Waals surface area (Å²) < 4.78 is 0. The lowest BCUT2D eigenvalue weighted by atomic mass is 9.88. The molecule has 1 aliphatic heterocycles. The summed E-state index contributed by atoms with van der Waals surface area (Å²) in [6.07, 6.45) is 3.40. The predicted octanol–water partition coefficient (Wildman–Crippen LogP) is 0.735. The van der Waals surface area contributed by atoms with E-state index in [4.69, 9.17) is 0 Å². The van der Waals surface area contributed by atoms with Gasteiger partial charge < -0.3 is 15.7 Å². The summed E-state index contributed by atoms with van der Waals surface area (Å²) in [5.41, 5.74) is 0. The summed E-state index contributed by atoms with van der Waals surface area (Å²) in [7, 11) is 0. The molecule has 0 spiro atoms. The van der Waals surface area contributed by atoms with Crippen LogP contribution < -0.4 is 10.6 Å². The zero-order valence-corrected chi connectivity index (χ0v) is 9.42. The van der Waals surface area contributed by atoms with E-state index < -0.39 is 0 Å². The van der Waals surface area contributed by atoms with Gasteiger partial charge in [-0.25, -0.2) is 0 Å². The lowest BCUT2D eigenvalue weighted by molar-refractivity contribution is 0.0971. The number of hydrogen-bond acceptors (Lipinski definition) is 3. The van der Waals surface area contributed by atoms with Crippen LogP contribution in [-0.2, 0) is 0 Å². The van der Waals surface area contributed by atoms with Crippen molar-refractivity contribution in [3.05, 3.63) is 0 Å². The molecule has 1 aliphatic rings. The van der Waals surface area contributed by atoms with Gasteiger partial charge in [-0.05, 0) is 31.8 Å². The zero-order chi connectivity index (χ0) is 10.4. The Morgan fingerprint density at radius 2 is 2.29 bits per heavy atom. The van der Waals surface area contributed by atoms with Gasteiger partial charge in [0.15, 0.2) is 0 Å². The summed E-state index contributed by atoms with van der Waals surface area (Å²) in [5, 5.41) is 16.5. The quantitative estimate of drug-likeness (QED) is 0.613. The smallest absolute Gasteiger partial charge is 0.0817 e. The molecule has 3 heteroatoms. The highest BCUT2D eigenvalue weighted by Crippen LogP contribution is 2.20. The van der Waals surface area contributed by atoms with Crippen LogP contribution in [0.3, 0.4) is 0 Å². The number of nitrogens with one attached hydrogen (secondary N) is 2. The standard InChI is InChI=1S/C11H24N2O/c1-3-9-5-6-13-10(7-9)11(14)8-12-4-2/h9-14H,3-8H2,1-2H3. The number of piperidine rings is 1. The maximum absolute atomic E-state index is 9.89. The minimum atomic E-state index is -0.232. The maximum Gasteiger partial charge on any atom is 0.0817 e. The number of hydrogen-bond donors (Lipinski definition) is 3. The Morgan fingerprint density at radius 1 is 1.50 bits per heavy atom. The van der Waals surface area contributed by atoms with Gasteiger partial charge in [0.05, 0.1) is 6.10 Å². The Bertz CT molecular complexity index is 152. The van der Waals surface area contributed by atoms with Crippen molar-refractivity contribution >= 4 is 0 Å². The van der Waals surface area contributed by atoms with Crippen molar-refractivity contribution in [2.45, 2.75) is 45.3 Å². The van der Waals surface area contributed by atoms with Gasteiger partial charge in [0.2, 0.25) is 0 Å². The molecule has 1 heterocycles. The Morgan fingerprint density at radius 3 is 2.93 bits per heavy atom. The van der Waals surface area contributed by atoms with E-state index in [9.17, 15) is 5.11 Å². The first kappa shape index (κ1) is 12.0. The molecule has 0 aromatic carbocycles. The van der Waals surface area contributed by atoms with Crippen molar-refractivity contribution < 1.29 is 5.11 Å². The van der Waals surface area contributed by atoms with Gasteiger partial charge in [0.25, 0.3) is 0 Å². The third-order valence-electron chi connectivity index (χ3n) is 3.19. The first-order chi connectivity index (χ1) is 6.77. The Balaban J connectivity index is 2.27. The lowest BCUT2D eigenvalue weighted by Gasteiger charge is -2.33. The molecule has 3 nitrogen and oxygen atoms in total. The largest absolute Gasteiger partial charge is 0.390 e. The van der Waals surface area contributed by atoms with Gasteiger partial charge in [-0.3, -0.25) is 0 Å². The monoisotopic (exact) mass is 200 g/mol. The van der Waals surface area contributed by atoms with Gasteiger partial charge in [-0.1, -0.05) is 20.3 Å². The normalized spacial score (nSPS) is 30.2. The third kappa shape index (κ3) is 3.56. The van der Waals surface area contributed by atoms with Crippen LogP contribution in [0.5, 0.6) is 0 Å². The molecule has 1 fully saturated rings. The molecule has 0 aromatic rings. The van der Waals surface area contributed by atoms with E-state index in [1.165, 1.54) is 12.8 Å². The van der Waals surface area contributed by atoms with Crippen molar-refractivity contribution in [1.82, 2.24) is 10.6 Å². The molecule has 84 valence electrons. The van der Waals surface area contributed by atoms with Crippen LogP contribution in [0.15, 0.2) is 0 Å². The summed E-state index contributed by atoms with van der Waals surface area (Å²) in [4.78, 5) is 0. The van der Waals surface area contributed by atoms with Crippen molar-refractivity contribution in [3.63, 3.8) is 0 Å². The molecule has 0 aliphatic carbocycles. The van der Waals surface area contributed by atoms with Crippen molar-refractivity contribution in [1.29, 1.82) is 0 Å².